The van der Waals surface area contributed by atoms with E-state index in [1.807, 2.05) is 18.2 Å². The van der Waals surface area contributed by atoms with Crippen molar-refractivity contribution in [3.8, 4) is 0 Å². The average Bonchev–Trinajstić information content (AvgIpc) is 2.78. The molecule has 1 fully saturated rings. The fraction of sp³-hybridized carbons (Fsp3) is 0.250. The fourth-order valence-corrected chi connectivity index (χ4v) is 3.13. The van der Waals surface area contributed by atoms with Gasteiger partial charge in [0.1, 0.15) is 0 Å². The summed E-state index contributed by atoms with van der Waals surface area (Å²) in [5, 5.41) is 13.5. The third-order valence-corrected chi connectivity index (χ3v) is 4.74. The lowest BCUT2D eigenvalue weighted by Crippen LogP contribution is -2.50. The van der Waals surface area contributed by atoms with Crippen molar-refractivity contribution < 1.29 is 19.3 Å². The Balaban J connectivity index is 1.50. The Morgan fingerprint density at radius 3 is 2.37 bits per heavy atom. The van der Waals surface area contributed by atoms with Crippen molar-refractivity contribution in [3.63, 3.8) is 0 Å². The van der Waals surface area contributed by atoms with Gasteiger partial charge in [0.25, 0.3) is 11.6 Å². The van der Waals surface area contributed by atoms with Gasteiger partial charge in [0, 0.05) is 36.5 Å². The Morgan fingerprint density at radius 2 is 1.70 bits per heavy atom. The minimum absolute atomic E-state index is 0.133. The Kier molecular flexibility index (Phi) is 6.58. The maximum Gasteiger partial charge on any atom is 0.321 e. The van der Waals surface area contributed by atoms with Gasteiger partial charge < -0.3 is 10.2 Å². The second-order valence-corrected chi connectivity index (χ2v) is 6.83. The van der Waals surface area contributed by atoms with E-state index in [1.165, 1.54) is 24.3 Å². The summed E-state index contributed by atoms with van der Waals surface area (Å²) in [7, 11) is 0. The number of benzene rings is 2. The van der Waals surface area contributed by atoms with Crippen molar-refractivity contribution in [1.82, 2.24) is 15.8 Å². The Morgan fingerprint density at radius 1 is 1.00 bits per heavy atom. The normalized spacial score (nSPS) is 15.7. The minimum atomic E-state index is -0.590. The summed E-state index contributed by atoms with van der Waals surface area (Å²) in [6.07, 6.45) is 1.25. The molecule has 10 nitrogen and oxygen atoms in total. The van der Waals surface area contributed by atoms with Gasteiger partial charge in [-0.15, -0.1) is 0 Å². The smallest absolute Gasteiger partial charge is 0.321 e. The monoisotopic (exact) mass is 411 g/mol. The molecule has 0 aliphatic carbocycles. The summed E-state index contributed by atoms with van der Waals surface area (Å²) in [5.74, 6) is -1.45. The van der Waals surface area contributed by atoms with E-state index < -0.39 is 22.7 Å². The predicted molar refractivity (Wildman–Crippen MR) is 108 cm³/mol. The third-order valence-electron chi connectivity index (χ3n) is 4.74. The van der Waals surface area contributed by atoms with Crippen LogP contribution in [-0.2, 0) is 4.79 Å². The number of likely N-dealkylation sites (tertiary alicyclic amines) is 1. The number of para-hydroxylation sites is 1. The van der Waals surface area contributed by atoms with Gasteiger partial charge in [-0.05, 0) is 37.1 Å². The lowest BCUT2D eigenvalue weighted by Gasteiger charge is -2.32. The van der Waals surface area contributed by atoms with Gasteiger partial charge in [0.05, 0.1) is 10.8 Å². The van der Waals surface area contributed by atoms with E-state index in [0.29, 0.717) is 25.1 Å². The van der Waals surface area contributed by atoms with E-state index in [2.05, 4.69) is 16.2 Å². The number of rotatable bonds is 4. The molecule has 0 spiro atoms. The number of hydrazine groups is 1. The molecule has 0 saturated carbocycles. The highest BCUT2D eigenvalue weighted by atomic mass is 16.6. The molecule has 0 radical (unpaired) electrons. The molecule has 2 aromatic rings. The van der Waals surface area contributed by atoms with Crippen LogP contribution in [0.4, 0.5) is 16.2 Å². The molecule has 2 aromatic carbocycles. The summed E-state index contributed by atoms with van der Waals surface area (Å²) in [6.45, 7) is 0.773. The van der Waals surface area contributed by atoms with Gasteiger partial charge in [0.2, 0.25) is 5.91 Å². The first-order chi connectivity index (χ1) is 14.4. The number of nitrogens with one attached hydrogen (secondary N) is 3. The third kappa shape index (κ3) is 5.31. The van der Waals surface area contributed by atoms with Gasteiger partial charge in [-0.1, -0.05) is 18.2 Å². The molecule has 1 aliphatic rings. The number of carbonyl (C=O) groups excluding carboxylic acids is 3. The SMILES string of the molecule is O=C(NNC(=O)[C@H]1CCCN(C(=O)Nc2ccccc2)C1)c1ccc([N+](=O)[O-])cc1. The van der Waals surface area contributed by atoms with E-state index in [1.54, 1.807) is 17.0 Å². The molecule has 1 atom stereocenters. The van der Waals surface area contributed by atoms with Crippen LogP contribution >= 0.6 is 0 Å². The maximum atomic E-state index is 12.4. The fourth-order valence-electron chi connectivity index (χ4n) is 3.13. The summed E-state index contributed by atoms with van der Waals surface area (Å²) in [5.41, 5.74) is 5.38. The highest BCUT2D eigenvalue weighted by Crippen LogP contribution is 2.18. The summed E-state index contributed by atoms with van der Waals surface area (Å²) in [6, 6.07) is 13.8. The number of amides is 4. The number of anilines is 1. The van der Waals surface area contributed by atoms with Crippen LogP contribution in [0.15, 0.2) is 54.6 Å². The standard InChI is InChI=1S/C20H21N5O5/c26-18(14-8-10-17(11-9-14)25(29)30)22-23-19(27)15-5-4-12-24(13-15)20(28)21-16-6-2-1-3-7-16/h1-3,6-11,15H,4-5,12-13H2,(H,21,28)(H,22,26)(H,23,27)/t15-/m0/s1. The molecule has 156 valence electrons. The molecule has 0 bridgehead atoms. The lowest BCUT2D eigenvalue weighted by atomic mass is 9.98. The van der Waals surface area contributed by atoms with Crippen molar-refractivity contribution in [2.45, 2.75) is 12.8 Å². The van der Waals surface area contributed by atoms with Crippen LogP contribution in [-0.4, -0.2) is 40.8 Å². The van der Waals surface area contributed by atoms with Gasteiger partial charge >= 0.3 is 6.03 Å². The van der Waals surface area contributed by atoms with Crippen LogP contribution in [0.2, 0.25) is 0 Å². The second-order valence-electron chi connectivity index (χ2n) is 6.83. The number of urea groups is 1. The predicted octanol–water partition coefficient (Wildman–Crippen LogP) is 2.30. The molecule has 1 saturated heterocycles. The first-order valence-corrected chi connectivity index (χ1v) is 9.39. The van der Waals surface area contributed by atoms with Gasteiger partial charge in [-0.3, -0.25) is 30.6 Å². The molecule has 0 unspecified atom stereocenters. The number of piperidine rings is 1. The number of nitrogens with zero attached hydrogens (tertiary/aromatic N) is 2. The largest absolute Gasteiger partial charge is 0.324 e. The topological polar surface area (TPSA) is 134 Å². The van der Waals surface area contributed by atoms with Crippen molar-refractivity contribution in [3.05, 3.63) is 70.3 Å². The van der Waals surface area contributed by atoms with E-state index in [-0.39, 0.29) is 23.8 Å². The molecule has 3 rings (SSSR count). The van der Waals surface area contributed by atoms with E-state index in [9.17, 15) is 24.5 Å². The number of nitro benzene ring substituents is 1. The Hall–Kier alpha value is -3.95. The summed E-state index contributed by atoms with van der Waals surface area (Å²) >= 11 is 0. The van der Waals surface area contributed by atoms with Crippen LogP contribution < -0.4 is 16.2 Å². The average molecular weight is 411 g/mol. The molecule has 3 N–H and O–H groups in total. The molecule has 4 amide bonds. The van der Waals surface area contributed by atoms with Gasteiger partial charge in [-0.25, -0.2) is 4.79 Å². The van der Waals surface area contributed by atoms with Crippen LogP contribution in [0.5, 0.6) is 0 Å². The highest BCUT2D eigenvalue weighted by molar-refractivity contribution is 5.96. The number of hydrogen-bond acceptors (Lipinski definition) is 5. The summed E-state index contributed by atoms with van der Waals surface area (Å²) < 4.78 is 0. The first kappa shape index (κ1) is 20.8. The first-order valence-electron chi connectivity index (χ1n) is 9.39. The molecule has 10 heteroatoms. The van der Waals surface area contributed by atoms with Crippen LogP contribution in [0.1, 0.15) is 23.2 Å². The Bertz CT molecular complexity index is 932. The molecule has 1 aliphatic heterocycles. The molecular formula is C20H21N5O5. The van der Waals surface area contributed by atoms with Crippen LogP contribution in [0, 0.1) is 16.0 Å². The highest BCUT2D eigenvalue weighted by Gasteiger charge is 2.28. The molecule has 1 heterocycles. The summed E-state index contributed by atoms with van der Waals surface area (Å²) in [4.78, 5) is 48.6. The maximum absolute atomic E-state index is 12.4. The van der Waals surface area contributed by atoms with E-state index in [4.69, 9.17) is 0 Å². The molecular weight excluding hydrogens is 390 g/mol. The molecule has 30 heavy (non-hydrogen) atoms. The van der Waals surface area contributed by atoms with Crippen LogP contribution in [0.25, 0.3) is 0 Å². The van der Waals surface area contributed by atoms with Gasteiger partial charge in [-0.2, -0.15) is 0 Å². The Labute approximate surface area is 172 Å². The van der Waals surface area contributed by atoms with Crippen molar-refractivity contribution in [1.29, 1.82) is 0 Å². The van der Waals surface area contributed by atoms with Crippen LogP contribution in [0.3, 0.4) is 0 Å². The van der Waals surface area contributed by atoms with E-state index in [0.717, 1.165) is 0 Å². The van der Waals surface area contributed by atoms with Crippen molar-refractivity contribution in [2.24, 2.45) is 5.92 Å². The van der Waals surface area contributed by atoms with Crippen molar-refractivity contribution >= 4 is 29.2 Å². The number of hydrogen-bond donors (Lipinski definition) is 3. The zero-order chi connectivity index (χ0) is 21.5. The minimum Gasteiger partial charge on any atom is -0.324 e. The molecule has 0 aromatic heterocycles. The quantitative estimate of drug-likeness (QED) is 0.524. The second kappa shape index (κ2) is 9.50. The van der Waals surface area contributed by atoms with E-state index >= 15 is 0 Å². The van der Waals surface area contributed by atoms with Gasteiger partial charge in [0.15, 0.2) is 0 Å². The zero-order valence-corrected chi connectivity index (χ0v) is 16.0. The number of carbonyl (C=O) groups is 3. The lowest BCUT2D eigenvalue weighted by molar-refractivity contribution is -0.384. The van der Waals surface area contributed by atoms with Crippen molar-refractivity contribution in [2.75, 3.05) is 18.4 Å². The number of nitro groups is 1. The number of non-ortho nitro benzene ring substituents is 1. The zero-order valence-electron chi connectivity index (χ0n) is 16.0.